The molecule has 0 radical (unpaired) electrons. The first-order valence-corrected chi connectivity index (χ1v) is 6.08. The summed E-state index contributed by atoms with van der Waals surface area (Å²) in [7, 11) is 1.38. The quantitative estimate of drug-likeness (QED) is 0.879. The van der Waals surface area contributed by atoms with E-state index >= 15 is 0 Å². The fourth-order valence-corrected chi connectivity index (χ4v) is 1.98. The summed E-state index contributed by atoms with van der Waals surface area (Å²) >= 11 is 0. The van der Waals surface area contributed by atoms with Gasteiger partial charge in [-0.05, 0) is 6.07 Å². The van der Waals surface area contributed by atoms with Crippen molar-refractivity contribution in [3.63, 3.8) is 0 Å². The van der Waals surface area contributed by atoms with Crippen molar-refractivity contribution in [1.29, 1.82) is 5.26 Å². The summed E-state index contributed by atoms with van der Waals surface area (Å²) in [5, 5.41) is 18.9. The first-order chi connectivity index (χ1) is 9.95. The predicted molar refractivity (Wildman–Crippen MR) is 72.0 cm³/mol. The van der Waals surface area contributed by atoms with E-state index in [1.54, 1.807) is 6.07 Å². The van der Waals surface area contributed by atoms with Crippen LogP contribution in [-0.2, 0) is 13.6 Å². The molecule has 21 heavy (non-hydrogen) atoms. The molecule has 0 fully saturated rings. The molecule has 1 aromatic carbocycles. The molecule has 0 aliphatic carbocycles. The highest BCUT2D eigenvalue weighted by atomic mass is 19.1. The number of rotatable bonds is 3. The molecule has 7 heteroatoms. The Hall–Kier alpha value is -2.72. The number of nitriles is 1. The van der Waals surface area contributed by atoms with E-state index in [2.05, 4.69) is 0 Å². The van der Waals surface area contributed by atoms with Crippen molar-refractivity contribution in [3.8, 4) is 6.07 Å². The van der Waals surface area contributed by atoms with E-state index in [0.717, 1.165) is 15.3 Å². The highest BCUT2D eigenvalue weighted by Gasteiger charge is 2.17. The Balaban J connectivity index is 2.48. The second-order valence-corrected chi connectivity index (χ2v) is 4.50. The van der Waals surface area contributed by atoms with Gasteiger partial charge in [0.15, 0.2) is 0 Å². The van der Waals surface area contributed by atoms with E-state index in [0.29, 0.717) is 0 Å². The van der Waals surface area contributed by atoms with Gasteiger partial charge in [0.25, 0.3) is 5.56 Å². The van der Waals surface area contributed by atoms with Crippen molar-refractivity contribution < 1.29 is 9.50 Å². The second-order valence-electron chi connectivity index (χ2n) is 4.50. The minimum Gasteiger partial charge on any atom is -0.386 e. The SMILES string of the molecule is Cn1cc(C#N)c(=O)n(C[C@H](O)c2ccccc2F)c1=O. The van der Waals surface area contributed by atoms with E-state index in [-0.39, 0.29) is 11.1 Å². The van der Waals surface area contributed by atoms with E-state index in [1.165, 1.54) is 31.3 Å². The second kappa shape index (κ2) is 5.73. The molecule has 0 amide bonds. The summed E-state index contributed by atoms with van der Waals surface area (Å²) in [5.41, 5.74) is -1.74. The topological polar surface area (TPSA) is 88.0 Å². The first-order valence-electron chi connectivity index (χ1n) is 6.08. The Morgan fingerprint density at radius 3 is 2.67 bits per heavy atom. The number of hydrogen-bond acceptors (Lipinski definition) is 4. The molecule has 0 aliphatic heterocycles. The van der Waals surface area contributed by atoms with E-state index in [4.69, 9.17) is 5.26 Å². The third kappa shape index (κ3) is 2.75. The Kier molecular flexibility index (Phi) is 4.00. The van der Waals surface area contributed by atoms with Crippen LogP contribution in [0.2, 0.25) is 0 Å². The summed E-state index contributed by atoms with van der Waals surface area (Å²) in [4.78, 5) is 23.9. The largest absolute Gasteiger partial charge is 0.386 e. The highest BCUT2D eigenvalue weighted by molar-refractivity contribution is 5.23. The summed E-state index contributed by atoms with van der Waals surface area (Å²) in [6, 6.07) is 7.22. The smallest absolute Gasteiger partial charge is 0.330 e. The van der Waals surface area contributed by atoms with Crippen LogP contribution in [0.4, 0.5) is 4.39 Å². The maximum absolute atomic E-state index is 13.6. The van der Waals surface area contributed by atoms with E-state index in [9.17, 15) is 19.1 Å². The standard InChI is InChI=1S/C14H12FN3O3/c1-17-7-9(6-16)13(20)18(14(17)21)8-12(19)10-4-2-3-5-11(10)15/h2-5,7,12,19H,8H2,1H3/t12-/m0/s1. The van der Waals surface area contributed by atoms with Crippen molar-refractivity contribution in [3.05, 3.63) is 68.2 Å². The van der Waals surface area contributed by atoms with Crippen LogP contribution in [0.15, 0.2) is 40.1 Å². The van der Waals surface area contributed by atoms with Crippen LogP contribution in [0, 0.1) is 17.1 Å². The molecular formula is C14H12FN3O3. The van der Waals surface area contributed by atoms with Gasteiger partial charge in [0.2, 0.25) is 0 Å². The Morgan fingerprint density at radius 1 is 1.38 bits per heavy atom. The molecule has 2 rings (SSSR count). The maximum atomic E-state index is 13.6. The normalized spacial score (nSPS) is 11.9. The van der Waals surface area contributed by atoms with Crippen molar-refractivity contribution in [2.45, 2.75) is 12.6 Å². The molecule has 1 N–H and O–H groups in total. The van der Waals surface area contributed by atoms with Crippen molar-refractivity contribution in [1.82, 2.24) is 9.13 Å². The van der Waals surface area contributed by atoms with Crippen LogP contribution in [0.1, 0.15) is 17.2 Å². The molecule has 1 aromatic heterocycles. The number of aliphatic hydroxyl groups excluding tert-OH is 1. The van der Waals surface area contributed by atoms with Crippen LogP contribution in [0.3, 0.4) is 0 Å². The lowest BCUT2D eigenvalue weighted by molar-refractivity contribution is 0.148. The van der Waals surface area contributed by atoms with Gasteiger partial charge in [-0.25, -0.2) is 9.18 Å². The Labute approximate surface area is 118 Å². The van der Waals surface area contributed by atoms with Crippen molar-refractivity contribution in [2.75, 3.05) is 0 Å². The Morgan fingerprint density at radius 2 is 2.05 bits per heavy atom. The van der Waals surface area contributed by atoms with Gasteiger partial charge in [-0.3, -0.25) is 9.36 Å². The van der Waals surface area contributed by atoms with Gasteiger partial charge < -0.3 is 9.67 Å². The van der Waals surface area contributed by atoms with Gasteiger partial charge in [-0.1, -0.05) is 18.2 Å². The number of nitrogens with zero attached hydrogens (tertiary/aromatic N) is 3. The molecule has 0 bridgehead atoms. The molecule has 0 saturated carbocycles. The number of aryl methyl sites for hydroxylation is 1. The molecule has 0 saturated heterocycles. The number of aliphatic hydroxyl groups is 1. The van der Waals surface area contributed by atoms with Gasteiger partial charge in [-0.15, -0.1) is 0 Å². The lowest BCUT2D eigenvalue weighted by Crippen LogP contribution is -2.41. The van der Waals surface area contributed by atoms with Gasteiger partial charge in [0.1, 0.15) is 17.4 Å². The molecule has 6 nitrogen and oxygen atoms in total. The van der Waals surface area contributed by atoms with Crippen LogP contribution in [0.5, 0.6) is 0 Å². The van der Waals surface area contributed by atoms with Gasteiger partial charge >= 0.3 is 5.69 Å². The Bertz CT molecular complexity index is 833. The van der Waals surface area contributed by atoms with Crippen molar-refractivity contribution in [2.24, 2.45) is 7.05 Å². The number of halogens is 1. The highest BCUT2D eigenvalue weighted by Crippen LogP contribution is 2.17. The maximum Gasteiger partial charge on any atom is 0.330 e. The molecule has 1 atom stereocenters. The monoisotopic (exact) mass is 289 g/mol. The third-order valence-corrected chi connectivity index (χ3v) is 3.07. The summed E-state index contributed by atoms with van der Waals surface area (Å²) in [6.07, 6.45) is -0.248. The third-order valence-electron chi connectivity index (χ3n) is 3.07. The van der Waals surface area contributed by atoms with E-state index < -0.39 is 29.7 Å². The molecule has 2 aromatic rings. The molecule has 108 valence electrons. The predicted octanol–water partition coefficient (Wildman–Crippen LogP) is 0.291. The number of benzene rings is 1. The fourth-order valence-electron chi connectivity index (χ4n) is 1.98. The van der Waals surface area contributed by atoms with Crippen LogP contribution >= 0.6 is 0 Å². The average molecular weight is 289 g/mol. The lowest BCUT2D eigenvalue weighted by Gasteiger charge is -2.14. The molecule has 0 aliphatic rings. The first kappa shape index (κ1) is 14.7. The van der Waals surface area contributed by atoms with Gasteiger partial charge in [-0.2, -0.15) is 5.26 Å². The summed E-state index contributed by atoms with van der Waals surface area (Å²) < 4.78 is 15.4. The zero-order valence-electron chi connectivity index (χ0n) is 11.2. The minimum atomic E-state index is -1.37. The van der Waals surface area contributed by atoms with Crippen LogP contribution in [-0.4, -0.2) is 14.2 Å². The number of aromatic nitrogens is 2. The zero-order valence-corrected chi connectivity index (χ0v) is 11.2. The number of hydrogen-bond donors (Lipinski definition) is 1. The molecule has 1 heterocycles. The zero-order chi connectivity index (χ0) is 15.6. The average Bonchev–Trinajstić information content (AvgIpc) is 2.47. The van der Waals surface area contributed by atoms with Gasteiger partial charge in [0, 0.05) is 18.8 Å². The van der Waals surface area contributed by atoms with Gasteiger partial charge in [0.05, 0.1) is 12.6 Å². The summed E-state index contributed by atoms with van der Waals surface area (Å²) in [5.74, 6) is -0.633. The fraction of sp³-hybridized carbons (Fsp3) is 0.214. The van der Waals surface area contributed by atoms with Crippen molar-refractivity contribution >= 4 is 0 Å². The minimum absolute atomic E-state index is 0.0196. The van der Waals surface area contributed by atoms with Crippen LogP contribution < -0.4 is 11.2 Å². The lowest BCUT2D eigenvalue weighted by atomic mass is 10.1. The molecular weight excluding hydrogens is 277 g/mol. The summed E-state index contributed by atoms with van der Waals surface area (Å²) in [6.45, 7) is -0.429. The van der Waals surface area contributed by atoms with Crippen LogP contribution in [0.25, 0.3) is 0 Å². The molecule has 0 spiro atoms. The van der Waals surface area contributed by atoms with E-state index in [1.807, 2.05) is 0 Å². The molecule has 0 unspecified atom stereocenters.